The van der Waals surface area contributed by atoms with Gasteiger partial charge in [0.2, 0.25) is 5.43 Å². The summed E-state index contributed by atoms with van der Waals surface area (Å²) in [6.07, 6.45) is 7.47. The normalized spacial score (nSPS) is 26.5. The van der Waals surface area contributed by atoms with Crippen LogP contribution in [0.5, 0.6) is 0 Å². The van der Waals surface area contributed by atoms with Crippen molar-refractivity contribution in [3.8, 4) is 0 Å². The minimum atomic E-state index is -1.26. The number of halogens is 1. The molecule has 5 rings (SSSR count). The number of aromatic carboxylic acids is 1. The fourth-order valence-corrected chi connectivity index (χ4v) is 5.33. The van der Waals surface area contributed by atoms with Crippen molar-refractivity contribution < 1.29 is 14.3 Å². The monoisotopic (exact) mass is 399 g/mol. The summed E-state index contributed by atoms with van der Waals surface area (Å²) in [4.78, 5) is 28.7. The number of carboxylic acid groups (broad SMARTS) is 1. The number of anilines is 1. The Hall–Kier alpha value is -2.41. The Morgan fingerprint density at radius 1 is 1.10 bits per heavy atom. The SMILES string of the molecule is CN(C)C1CC2CCC(C1)N2c1cc2c(cc1F)c(=O)c(C(=O)O)cn2C1CC1. The lowest BCUT2D eigenvalue weighted by Crippen LogP contribution is -2.49. The summed E-state index contributed by atoms with van der Waals surface area (Å²) in [6.45, 7) is 0. The van der Waals surface area contributed by atoms with Gasteiger partial charge in [0, 0.05) is 35.8 Å². The van der Waals surface area contributed by atoms with Crippen molar-refractivity contribution in [1.82, 2.24) is 9.47 Å². The lowest BCUT2D eigenvalue weighted by molar-refractivity contribution is 0.0695. The molecule has 7 heteroatoms. The number of piperidine rings is 1. The van der Waals surface area contributed by atoms with Crippen molar-refractivity contribution >= 4 is 22.6 Å². The number of carboxylic acids is 1. The molecule has 0 spiro atoms. The van der Waals surface area contributed by atoms with Crippen LogP contribution in [0.3, 0.4) is 0 Å². The van der Waals surface area contributed by atoms with E-state index in [2.05, 4.69) is 23.9 Å². The Bertz CT molecular complexity index is 1050. The van der Waals surface area contributed by atoms with Crippen LogP contribution in [0, 0.1) is 5.82 Å². The smallest absolute Gasteiger partial charge is 0.341 e. The molecule has 1 saturated carbocycles. The Morgan fingerprint density at radius 3 is 2.28 bits per heavy atom. The Balaban J connectivity index is 1.64. The Labute approximate surface area is 168 Å². The molecule has 1 aromatic carbocycles. The van der Waals surface area contributed by atoms with Gasteiger partial charge in [0.15, 0.2) is 0 Å². The first-order valence-corrected chi connectivity index (χ1v) is 10.4. The summed E-state index contributed by atoms with van der Waals surface area (Å²) in [5, 5.41) is 9.57. The van der Waals surface area contributed by atoms with E-state index in [9.17, 15) is 14.7 Å². The lowest BCUT2D eigenvalue weighted by atomic mass is 9.95. The van der Waals surface area contributed by atoms with Crippen LogP contribution in [0.15, 0.2) is 23.1 Å². The van der Waals surface area contributed by atoms with Gasteiger partial charge in [-0.15, -0.1) is 0 Å². The largest absolute Gasteiger partial charge is 0.477 e. The molecule has 1 aromatic heterocycles. The Morgan fingerprint density at radius 2 is 1.72 bits per heavy atom. The molecule has 154 valence electrons. The maximum Gasteiger partial charge on any atom is 0.341 e. The number of fused-ring (bicyclic) bond motifs is 3. The summed E-state index contributed by atoms with van der Waals surface area (Å²) >= 11 is 0. The van der Waals surface area contributed by atoms with Crippen LogP contribution >= 0.6 is 0 Å². The number of aromatic nitrogens is 1. The van der Waals surface area contributed by atoms with Crippen molar-refractivity contribution in [2.24, 2.45) is 0 Å². The molecule has 2 aromatic rings. The highest BCUT2D eigenvalue weighted by Crippen LogP contribution is 2.43. The molecular formula is C22H26FN3O3. The van der Waals surface area contributed by atoms with Gasteiger partial charge < -0.3 is 19.5 Å². The number of pyridine rings is 1. The lowest BCUT2D eigenvalue weighted by Gasteiger charge is -2.42. The zero-order chi connectivity index (χ0) is 20.4. The molecule has 3 heterocycles. The van der Waals surface area contributed by atoms with Gasteiger partial charge in [-0.05, 0) is 64.8 Å². The van der Waals surface area contributed by atoms with Crippen LogP contribution in [0.25, 0.3) is 10.9 Å². The number of nitrogens with zero attached hydrogens (tertiary/aromatic N) is 3. The molecule has 29 heavy (non-hydrogen) atoms. The van der Waals surface area contributed by atoms with Crippen molar-refractivity contribution in [1.29, 1.82) is 0 Å². The number of carbonyl (C=O) groups is 1. The highest BCUT2D eigenvalue weighted by atomic mass is 19.1. The number of hydrogen-bond donors (Lipinski definition) is 1. The fraction of sp³-hybridized carbons (Fsp3) is 0.545. The van der Waals surface area contributed by atoms with E-state index in [4.69, 9.17) is 0 Å². The van der Waals surface area contributed by atoms with Gasteiger partial charge >= 0.3 is 5.97 Å². The zero-order valence-electron chi connectivity index (χ0n) is 16.8. The second kappa shape index (κ2) is 6.55. The van der Waals surface area contributed by atoms with E-state index in [1.165, 1.54) is 12.3 Å². The van der Waals surface area contributed by atoms with Crippen molar-refractivity contribution in [2.75, 3.05) is 19.0 Å². The third-order valence-electron chi connectivity index (χ3n) is 6.99. The van der Waals surface area contributed by atoms with E-state index in [-0.39, 0.29) is 17.0 Å². The third kappa shape index (κ3) is 2.94. The second-order valence-corrected chi connectivity index (χ2v) is 9.02. The molecule has 0 amide bonds. The predicted octanol–water partition coefficient (Wildman–Crippen LogP) is 3.24. The molecular weight excluding hydrogens is 373 g/mol. The summed E-state index contributed by atoms with van der Waals surface area (Å²) in [6, 6.07) is 4.34. The first-order chi connectivity index (χ1) is 13.8. The molecule has 2 bridgehead atoms. The third-order valence-corrected chi connectivity index (χ3v) is 6.99. The first-order valence-electron chi connectivity index (χ1n) is 10.4. The highest BCUT2D eigenvalue weighted by molar-refractivity contribution is 5.93. The second-order valence-electron chi connectivity index (χ2n) is 9.02. The molecule has 2 saturated heterocycles. The quantitative estimate of drug-likeness (QED) is 0.855. The minimum absolute atomic E-state index is 0.161. The maximum atomic E-state index is 15.2. The standard InChI is InChI=1S/C22H26FN3O3/c1-24(2)15-7-13-5-6-14(8-15)26(13)20-10-19-16(9-18(20)23)21(27)17(22(28)29)11-25(19)12-3-4-12/h9-15H,3-8H2,1-2H3,(H,28,29). The minimum Gasteiger partial charge on any atom is -0.477 e. The van der Waals surface area contributed by atoms with Crippen LogP contribution in [-0.2, 0) is 0 Å². The van der Waals surface area contributed by atoms with Crippen LogP contribution in [-0.4, -0.2) is 52.8 Å². The van der Waals surface area contributed by atoms with Crippen molar-refractivity contribution in [3.05, 3.63) is 39.9 Å². The van der Waals surface area contributed by atoms with Gasteiger partial charge in [-0.25, -0.2) is 9.18 Å². The topological polar surface area (TPSA) is 65.8 Å². The van der Waals surface area contributed by atoms with Gasteiger partial charge in [-0.2, -0.15) is 0 Å². The molecule has 2 unspecified atom stereocenters. The Kier molecular flexibility index (Phi) is 4.21. The van der Waals surface area contributed by atoms with E-state index >= 15 is 4.39 Å². The van der Waals surface area contributed by atoms with Crippen LogP contribution in [0.4, 0.5) is 10.1 Å². The van der Waals surface area contributed by atoms with E-state index in [0.29, 0.717) is 29.3 Å². The average molecular weight is 399 g/mol. The van der Waals surface area contributed by atoms with Gasteiger partial charge in [0.1, 0.15) is 11.4 Å². The predicted molar refractivity (Wildman–Crippen MR) is 109 cm³/mol. The van der Waals surface area contributed by atoms with E-state index < -0.39 is 17.2 Å². The van der Waals surface area contributed by atoms with Crippen molar-refractivity contribution in [2.45, 2.75) is 62.7 Å². The van der Waals surface area contributed by atoms with E-state index in [1.807, 2.05) is 4.57 Å². The molecule has 2 atom stereocenters. The van der Waals surface area contributed by atoms with E-state index in [1.54, 1.807) is 6.07 Å². The average Bonchev–Trinajstić information content (AvgIpc) is 3.47. The number of rotatable bonds is 4. The first kappa shape index (κ1) is 18.6. The van der Waals surface area contributed by atoms with Gasteiger partial charge in [0.25, 0.3) is 0 Å². The van der Waals surface area contributed by atoms with Crippen LogP contribution in [0.2, 0.25) is 0 Å². The summed E-state index contributed by atoms with van der Waals surface area (Å²) < 4.78 is 17.1. The van der Waals surface area contributed by atoms with Crippen LogP contribution < -0.4 is 10.3 Å². The van der Waals surface area contributed by atoms with Crippen LogP contribution in [0.1, 0.15) is 54.9 Å². The highest BCUT2D eigenvalue weighted by Gasteiger charge is 2.42. The molecule has 1 aliphatic carbocycles. The van der Waals surface area contributed by atoms with Gasteiger partial charge in [-0.3, -0.25) is 4.79 Å². The molecule has 3 aliphatic rings. The molecule has 2 aliphatic heterocycles. The van der Waals surface area contributed by atoms with Gasteiger partial charge in [-0.1, -0.05) is 0 Å². The van der Waals surface area contributed by atoms with E-state index in [0.717, 1.165) is 38.5 Å². The summed E-state index contributed by atoms with van der Waals surface area (Å²) in [7, 11) is 4.20. The molecule has 1 N–H and O–H groups in total. The molecule has 6 nitrogen and oxygen atoms in total. The molecule has 0 radical (unpaired) electrons. The molecule has 3 fully saturated rings. The number of hydrogen-bond acceptors (Lipinski definition) is 4. The summed E-state index contributed by atoms with van der Waals surface area (Å²) in [5.41, 5.74) is 0.305. The fourth-order valence-electron chi connectivity index (χ4n) is 5.33. The number of benzene rings is 1. The zero-order valence-corrected chi connectivity index (χ0v) is 16.8. The summed E-state index contributed by atoms with van der Waals surface area (Å²) in [5.74, 6) is -1.70. The van der Waals surface area contributed by atoms with Crippen molar-refractivity contribution in [3.63, 3.8) is 0 Å². The van der Waals surface area contributed by atoms with Gasteiger partial charge in [0.05, 0.1) is 11.2 Å². The maximum absolute atomic E-state index is 15.2.